The maximum Gasteiger partial charge on any atom is 0.216 e. The van der Waals surface area contributed by atoms with Crippen LogP contribution in [0.15, 0.2) is 47.5 Å². The number of sulfonamides is 1. The van der Waals surface area contributed by atoms with Gasteiger partial charge in [-0.3, -0.25) is 0 Å². The fraction of sp³-hybridized carbons (Fsp3) is 0.409. The molecule has 0 aromatic heterocycles. The van der Waals surface area contributed by atoms with Crippen LogP contribution in [0.5, 0.6) is 0 Å². The molecule has 0 spiro atoms. The van der Waals surface area contributed by atoms with E-state index in [1.807, 2.05) is 24.3 Å². The second-order valence-electron chi connectivity index (χ2n) is 7.29. The minimum atomic E-state index is -3.41. The number of para-hydroxylation sites is 1. The molecule has 7 heteroatoms. The molecule has 0 unspecified atom stereocenters. The third-order valence-electron chi connectivity index (χ3n) is 4.55. The molecule has 0 fully saturated rings. The third-order valence-corrected chi connectivity index (χ3v) is 6.07. The molecule has 2 rings (SSSR count). The minimum Gasteiger partial charge on any atom is -0.370 e. The Hall–Kier alpha value is -2.38. The number of rotatable bonds is 9. The summed E-state index contributed by atoms with van der Waals surface area (Å²) in [6.07, 6.45) is 1.79. The van der Waals surface area contributed by atoms with E-state index in [0.29, 0.717) is 12.5 Å². The molecule has 0 aliphatic carbocycles. The molecule has 158 valence electrons. The second-order valence-corrected chi connectivity index (χ2v) is 9.04. The van der Waals surface area contributed by atoms with E-state index < -0.39 is 10.0 Å². The van der Waals surface area contributed by atoms with Gasteiger partial charge in [0.25, 0.3) is 0 Å². The van der Waals surface area contributed by atoms with Crippen LogP contribution in [-0.2, 0) is 35.2 Å². The van der Waals surface area contributed by atoms with Gasteiger partial charge in [-0.2, -0.15) is 0 Å². The predicted molar refractivity (Wildman–Crippen MR) is 121 cm³/mol. The van der Waals surface area contributed by atoms with Gasteiger partial charge in [0.2, 0.25) is 10.0 Å². The monoisotopic (exact) mass is 416 g/mol. The number of guanidine groups is 1. The molecule has 6 nitrogen and oxygen atoms in total. The smallest absolute Gasteiger partial charge is 0.216 e. The first-order valence-corrected chi connectivity index (χ1v) is 11.7. The number of hydrogen-bond donors (Lipinski definition) is 3. The molecule has 0 aliphatic rings. The number of nitrogens with one attached hydrogen (secondary N) is 2. The molecule has 2 aromatic carbocycles. The van der Waals surface area contributed by atoms with Crippen LogP contribution >= 0.6 is 0 Å². The van der Waals surface area contributed by atoms with Crippen LogP contribution in [0, 0.1) is 0 Å². The summed E-state index contributed by atoms with van der Waals surface area (Å²) in [4.78, 5) is 4.46. The Morgan fingerprint density at radius 2 is 1.52 bits per heavy atom. The van der Waals surface area contributed by atoms with Gasteiger partial charge in [0.1, 0.15) is 0 Å². The first-order valence-electron chi connectivity index (χ1n) is 10.00. The second kappa shape index (κ2) is 10.4. The number of nitrogens with zero attached hydrogens (tertiary/aromatic N) is 1. The van der Waals surface area contributed by atoms with Gasteiger partial charge >= 0.3 is 0 Å². The van der Waals surface area contributed by atoms with Crippen LogP contribution < -0.4 is 15.8 Å². The highest BCUT2D eigenvalue weighted by Crippen LogP contribution is 2.22. The third kappa shape index (κ3) is 6.87. The summed E-state index contributed by atoms with van der Waals surface area (Å²) in [6, 6.07) is 13.5. The molecule has 0 saturated carbocycles. The van der Waals surface area contributed by atoms with E-state index in [4.69, 9.17) is 5.73 Å². The fourth-order valence-corrected chi connectivity index (χ4v) is 4.69. The number of aliphatic imine (C=N–C) groups is 1. The minimum absolute atomic E-state index is 0.0805. The van der Waals surface area contributed by atoms with Crippen molar-refractivity contribution in [3.8, 4) is 0 Å². The number of benzene rings is 2. The SMILES string of the molecule is CCc1cccc(CC)c1NC(N)=NCc1ccccc1CS(=O)(=O)NC(C)C. The number of hydrogen-bond acceptors (Lipinski definition) is 3. The highest BCUT2D eigenvalue weighted by Gasteiger charge is 2.15. The highest BCUT2D eigenvalue weighted by molar-refractivity contribution is 7.88. The van der Waals surface area contributed by atoms with Crippen molar-refractivity contribution in [2.75, 3.05) is 5.32 Å². The molecule has 0 amide bonds. The fourth-order valence-electron chi connectivity index (χ4n) is 3.20. The van der Waals surface area contributed by atoms with Crippen LogP contribution in [0.2, 0.25) is 0 Å². The van der Waals surface area contributed by atoms with Crippen molar-refractivity contribution in [3.05, 3.63) is 64.7 Å². The Bertz CT molecular complexity index is 931. The van der Waals surface area contributed by atoms with Gasteiger partial charge in [-0.05, 0) is 48.9 Å². The van der Waals surface area contributed by atoms with E-state index in [0.717, 1.165) is 29.7 Å². The van der Waals surface area contributed by atoms with Gasteiger partial charge in [0.05, 0.1) is 12.3 Å². The Morgan fingerprint density at radius 3 is 2.07 bits per heavy atom. The standard InChI is InChI=1S/C22H32N4O2S/c1-5-17-12-9-13-18(6-2)21(17)25-22(23)24-14-19-10-7-8-11-20(19)15-29(27,28)26-16(3)4/h7-13,16,26H,5-6,14-15H2,1-4H3,(H3,23,24,25). The molecule has 4 N–H and O–H groups in total. The zero-order valence-corrected chi connectivity index (χ0v) is 18.5. The quantitative estimate of drug-likeness (QED) is 0.430. The first kappa shape index (κ1) is 22.9. The maximum absolute atomic E-state index is 12.3. The van der Waals surface area contributed by atoms with E-state index in [2.05, 4.69) is 47.1 Å². The zero-order chi connectivity index (χ0) is 21.4. The summed E-state index contributed by atoms with van der Waals surface area (Å²) < 4.78 is 27.2. The van der Waals surface area contributed by atoms with Crippen LogP contribution in [0.4, 0.5) is 5.69 Å². The lowest BCUT2D eigenvalue weighted by atomic mass is 10.0. The highest BCUT2D eigenvalue weighted by atomic mass is 32.2. The molecular formula is C22H32N4O2S. The molecule has 0 bridgehead atoms. The molecule has 0 heterocycles. The van der Waals surface area contributed by atoms with Crippen molar-refractivity contribution in [1.29, 1.82) is 0 Å². The first-order chi connectivity index (χ1) is 13.8. The van der Waals surface area contributed by atoms with E-state index in [1.165, 1.54) is 11.1 Å². The van der Waals surface area contributed by atoms with Crippen molar-refractivity contribution in [2.24, 2.45) is 10.7 Å². The van der Waals surface area contributed by atoms with Gasteiger partial charge in [0, 0.05) is 11.7 Å². The lowest BCUT2D eigenvalue weighted by Gasteiger charge is -2.15. The van der Waals surface area contributed by atoms with Gasteiger partial charge in [-0.25, -0.2) is 18.1 Å². The lowest BCUT2D eigenvalue weighted by molar-refractivity contribution is 0.569. The maximum atomic E-state index is 12.3. The molecule has 0 radical (unpaired) electrons. The Morgan fingerprint density at radius 1 is 0.966 bits per heavy atom. The average Bonchev–Trinajstić information content (AvgIpc) is 2.66. The predicted octanol–water partition coefficient (Wildman–Crippen LogP) is 3.57. The largest absolute Gasteiger partial charge is 0.370 e. The number of nitrogens with two attached hydrogens (primary N) is 1. The van der Waals surface area contributed by atoms with Crippen molar-refractivity contribution >= 4 is 21.7 Å². The normalized spacial score (nSPS) is 12.4. The van der Waals surface area contributed by atoms with Crippen molar-refractivity contribution < 1.29 is 8.42 Å². The summed E-state index contributed by atoms with van der Waals surface area (Å²) in [5.41, 5.74) is 11.1. The Labute approximate surface area is 174 Å². The van der Waals surface area contributed by atoms with Crippen molar-refractivity contribution in [3.63, 3.8) is 0 Å². The number of anilines is 1. The van der Waals surface area contributed by atoms with Gasteiger partial charge < -0.3 is 11.1 Å². The van der Waals surface area contributed by atoms with E-state index in [9.17, 15) is 8.42 Å². The van der Waals surface area contributed by atoms with Crippen LogP contribution in [0.1, 0.15) is 49.9 Å². The molecule has 2 aromatic rings. The van der Waals surface area contributed by atoms with E-state index in [1.54, 1.807) is 13.8 Å². The van der Waals surface area contributed by atoms with Crippen LogP contribution in [0.3, 0.4) is 0 Å². The van der Waals surface area contributed by atoms with E-state index >= 15 is 0 Å². The molecule has 0 saturated heterocycles. The van der Waals surface area contributed by atoms with Crippen LogP contribution in [0.25, 0.3) is 0 Å². The summed E-state index contributed by atoms with van der Waals surface area (Å²) >= 11 is 0. The van der Waals surface area contributed by atoms with Crippen LogP contribution in [-0.4, -0.2) is 20.4 Å². The van der Waals surface area contributed by atoms with Gasteiger partial charge in [-0.1, -0.05) is 56.3 Å². The molecular weight excluding hydrogens is 384 g/mol. The average molecular weight is 417 g/mol. The number of aryl methyl sites for hydroxylation is 2. The zero-order valence-electron chi connectivity index (χ0n) is 17.7. The van der Waals surface area contributed by atoms with Crippen molar-refractivity contribution in [1.82, 2.24) is 4.72 Å². The molecule has 29 heavy (non-hydrogen) atoms. The Balaban J connectivity index is 2.19. The summed E-state index contributed by atoms with van der Waals surface area (Å²) in [7, 11) is -3.41. The summed E-state index contributed by atoms with van der Waals surface area (Å²) in [6.45, 7) is 8.13. The van der Waals surface area contributed by atoms with E-state index in [-0.39, 0.29) is 11.8 Å². The van der Waals surface area contributed by atoms with Gasteiger partial charge in [0.15, 0.2) is 5.96 Å². The summed E-state index contributed by atoms with van der Waals surface area (Å²) in [5, 5.41) is 3.24. The summed E-state index contributed by atoms with van der Waals surface area (Å²) in [5.74, 6) is 0.238. The molecule has 0 atom stereocenters. The topological polar surface area (TPSA) is 96.6 Å². The molecule has 0 aliphatic heterocycles. The van der Waals surface area contributed by atoms with Gasteiger partial charge in [-0.15, -0.1) is 0 Å². The Kier molecular flexibility index (Phi) is 8.22. The lowest BCUT2D eigenvalue weighted by Crippen LogP contribution is -2.31. The van der Waals surface area contributed by atoms with Crippen molar-refractivity contribution in [2.45, 2.75) is 58.9 Å².